The van der Waals surface area contributed by atoms with Gasteiger partial charge in [-0.05, 0) is 35.1 Å². The van der Waals surface area contributed by atoms with E-state index in [0.717, 1.165) is 11.3 Å². The van der Waals surface area contributed by atoms with E-state index in [2.05, 4.69) is 19.2 Å². The summed E-state index contributed by atoms with van der Waals surface area (Å²) in [5.74, 6) is 1.10. The van der Waals surface area contributed by atoms with Crippen molar-refractivity contribution in [2.75, 3.05) is 7.11 Å². The summed E-state index contributed by atoms with van der Waals surface area (Å²) in [6.45, 7) is 4.20. The standard InChI is InChI=1S/C16H19NO2S/c1-11(2)15(12-4-6-14(19-3)7-5-12)17-16(18)13-8-9-20-10-13/h4-11,15H,1-3H3,(H,17,18). The fraction of sp³-hybridized carbons (Fsp3) is 0.312. The van der Waals surface area contributed by atoms with Gasteiger partial charge in [0.15, 0.2) is 0 Å². The van der Waals surface area contributed by atoms with Gasteiger partial charge in [0, 0.05) is 5.38 Å². The third-order valence-electron chi connectivity index (χ3n) is 3.21. The first kappa shape index (κ1) is 14.6. The number of thiophene rings is 1. The summed E-state index contributed by atoms with van der Waals surface area (Å²) in [6.07, 6.45) is 0. The highest BCUT2D eigenvalue weighted by Crippen LogP contribution is 2.24. The zero-order chi connectivity index (χ0) is 14.5. The molecule has 4 heteroatoms. The van der Waals surface area contributed by atoms with E-state index in [-0.39, 0.29) is 11.9 Å². The third-order valence-corrected chi connectivity index (χ3v) is 3.89. The van der Waals surface area contributed by atoms with E-state index in [0.29, 0.717) is 11.5 Å². The van der Waals surface area contributed by atoms with E-state index in [1.54, 1.807) is 7.11 Å². The molecular weight excluding hydrogens is 270 g/mol. The van der Waals surface area contributed by atoms with Crippen LogP contribution in [-0.2, 0) is 0 Å². The number of hydrogen-bond donors (Lipinski definition) is 1. The summed E-state index contributed by atoms with van der Waals surface area (Å²) in [4.78, 5) is 12.2. The molecule has 1 unspecified atom stereocenters. The van der Waals surface area contributed by atoms with Crippen LogP contribution in [0.3, 0.4) is 0 Å². The molecule has 2 rings (SSSR count). The molecule has 106 valence electrons. The maximum atomic E-state index is 12.2. The Kier molecular flexibility index (Phi) is 4.79. The number of amides is 1. The number of benzene rings is 1. The molecule has 1 N–H and O–H groups in total. The highest BCUT2D eigenvalue weighted by atomic mass is 32.1. The van der Waals surface area contributed by atoms with Gasteiger partial charge in [-0.25, -0.2) is 0 Å². The smallest absolute Gasteiger partial charge is 0.252 e. The van der Waals surface area contributed by atoms with E-state index in [4.69, 9.17) is 4.74 Å². The first-order chi connectivity index (χ1) is 9.61. The minimum atomic E-state index is -0.0271. The second kappa shape index (κ2) is 6.57. The van der Waals surface area contributed by atoms with Crippen LogP contribution in [0.1, 0.15) is 35.8 Å². The molecule has 0 saturated carbocycles. The van der Waals surface area contributed by atoms with Crippen LogP contribution in [0.15, 0.2) is 41.1 Å². The average Bonchev–Trinajstić information content (AvgIpc) is 2.98. The van der Waals surface area contributed by atoms with Gasteiger partial charge in [-0.15, -0.1) is 0 Å². The molecule has 0 aliphatic carbocycles. The van der Waals surface area contributed by atoms with Crippen molar-refractivity contribution in [2.24, 2.45) is 5.92 Å². The number of methoxy groups -OCH3 is 1. The average molecular weight is 289 g/mol. The van der Waals surface area contributed by atoms with E-state index >= 15 is 0 Å². The summed E-state index contributed by atoms with van der Waals surface area (Å²) >= 11 is 1.53. The van der Waals surface area contributed by atoms with Gasteiger partial charge in [0.1, 0.15) is 5.75 Å². The lowest BCUT2D eigenvalue weighted by Gasteiger charge is -2.23. The molecule has 1 aromatic carbocycles. The van der Waals surface area contributed by atoms with Gasteiger partial charge < -0.3 is 10.1 Å². The molecule has 0 aliphatic rings. The molecule has 0 saturated heterocycles. The Balaban J connectivity index is 2.16. The first-order valence-corrected chi connectivity index (χ1v) is 7.53. The van der Waals surface area contributed by atoms with Crippen molar-refractivity contribution < 1.29 is 9.53 Å². The Morgan fingerprint density at radius 2 is 1.90 bits per heavy atom. The van der Waals surface area contributed by atoms with E-state index < -0.39 is 0 Å². The van der Waals surface area contributed by atoms with Gasteiger partial charge in [-0.1, -0.05) is 26.0 Å². The summed E-state index contributed by atoms with van der Waals surface area (Å²) in [5.41, 5.74) is 1.80. The maximum absolute atomic E-state index is 12.2. The van der Waals surface area contributed by atoms with Crippen LogP contribution in [-0.4, -0.2) is 13.0 Å². The molecular formula is C16H19NO2S. The lowest BCUT2D eigenvalue weighted by Crippen LogP contribution is -2.31. The van der Waals surface area contributed by atoms with Crippen molar-refractivity contribution in [3.63, 3.8) is 0 Å². The Labute approximate surface area is 123 Å². The zero-order valence-electron chi connectivity index (χ0n) is 11.9. The summed E-state index contributed by atoms with van der Waals surface area (Å²) in [5, 5.41) is 6.87. The number of hydrogen-bond acceptors (Lipinski definition) is 3. The summed E-state index contributed by atoms with van der Waals surface area (Å²) in [7, 11) is 1.65. The minimum absolute atomic E-state index is 0.00620. The van der Waals surface area contributed by atoms with Crippen LogP contribution in [0, 0.1) is 5.92 Å². The first-order valence-electron chi connectivity index (χ1n) is 6.59. The van der Waals surface area contributed by atoms with Crippen molar-refractivity contribution >= 4 is 17.2 Å². The van der Waals surface area contributed by atoms with Crippen LogP contribution in [0.25, 0.3) is 0 Å². The van der Waals surface area contributed by atoms with Crippen LogP contribution in [0.2, 0.25) is 0 Å². The SMILES string of the molecule is COc1ccc(C(NC(=O)c2ccsc2)C(C)C)cc1. The number of rotatable bonds is 5. The number of nitrogens with one attached hydrogen (secondary N) is 1. The maximum Gasteiger partial charge on any atom is 0.252 e. The zero-order valence-corrected chi connectivity index (χ0v) is 12.7. The summed E-state index contributed by atoms with van der Waals surface area (Å²) in [6, 6.07) is 9.66. The molecule has 3 nitrogen and oxygen atoms in total. The third kappa shape index (κ3) is 3.39. The molecule has 0 aliphatic heterocycles. The van der Waals surface area contributed by atoms with Crippen LogP contribution in [0.4, 0.5) is 0 Å². The fourth-order valence-electron chi connectivity index (χ4n) is 2.06. The highest BCUT2D eigenvalue weighted by Gasteiger charge is 2.19. The monoisotopic (exact) mass is 289 g/mol. The van der Waals surface area contributed by atoms with Crippen molar-refractivity contribution in [3.8, 4) is 5.75 Å². The lowest BCUT2D eigenvalue weighted by molar-refractivity contribution is 0.0926. The molecule has 1 atom stereocenters. The Morgan fingerprint density at radius 1 is 1.20 bits per heavy atom. The molecule has 2 aromatic rings. The van der Waals surface area contributed by atoms with Gasteiger partial charge >= 0.3 is 0 Å². The molecule has 0 spiro atoms. The van der Waals surface area contributed by atoms with Crippen LogP contribution in [0.5, 0.6) is 5.75 Å². The lowest BCUT2D eigenvalue weighted by atomic mass is 9.95. The van der Waals surface area contributed by atoms with E-state index in [1.165, 1.54) is 11.3 Å². The predicted molar refractivity (Wildman–Crippen MR) is 82.4 cm³/mol. The van der Waals surface area contributed by atoms with E-state index in [1.807, 2.05) is 41.1 Å². The normalized spacial score (nSPS) is 12.2. The quantitative estimate of drug-likeness (QED) is 0.907. The number of carbonyl (C=O) groups excluding carboxylic acids is 1. The van der Waals surface area contributed by atoms with Gasteiger partial charge in [0.25, 0.3) is 5.91 Å². The number of carbonyl (C=O) groups is 1. The molecule has 1 heterocycles. The van der Waals surface area contributed by atoms with Gasteiger partial charge in [-0.2, -0.15) is 11.3 Å². The Morgan fingerprint density at radius 3 is 2.40 bits per heavy atom. The van der Waals surface area contributed by atoms with Crippen molar-refractivity contribution in [1.29, 1.82) is 0 Å². The second-order valence-corrected chi connectivity index (χ2v) is 5.76. The second-order valence-electron chi connectivity index (χ2n) is 4.98. The van der Waals surface area contributed by atoms with Crippen molar-refractivity contribution in [2.45, 2.75) is 19.9 Å². The summed E-state index contributed by atoms with van der Waals surface area (Å²) < 4.78 is 5.16. The molecule has 0 bridgehead atoms. The molecule has 0 radical (unpaired) electrons. The Bertz CT molecular complexity index is 546. The Hall–Kier alpha value is -1.81. The van der Waals surface area contributed by atoms with Gasteiger partial charge in [0.2, 0.25) is 0 Å². The fourth-order valence-corrected chi connectivity index (χ4v) is 2.70. The molecule has 1 aromatic heterocycles. The van der Waals surface area contributed by atoms with E-state index in [9.17, 15) is 4.79 Å². The van der Waals surface area contributed by atoms with Crippen LogP contribution < -0.4 is 10.1 Å². The molecule has 1 amide bonds. The van der Waals surface area contributed by atoms with Gasteiger partial charge in [-0.3, -0.25) is 4.79 Å². The van der Waals surface area contributed by atoms with Gasteiger partial charge in [0.05, 0.1) is 18.7 Å². The topological polar surface area (TPSA) is 38.3 Å². The van der Waals surface area contributed by atoms with Crippen LogP contribution >= 0.6 is 11.3 Å². The van der Waals surface area contributed by atoms with Crippen molar-refractivity contribution in [1.82, 2.24) is 5.32 Å². The molecule has 20 heavy (non-hydrogen) atoms. The highest BCUT2D eigenvalue weighted by molar-refractivity contribution is 7.08. The van der Waals surface area contributed by atoms with Crippen molar-refractivity contribution in [3.05, 3.63) is 52.2 Å². The minimum Gasteiger partial charge on any atom is -0.497 e. The predicted octanol–water partition coefficient (Wildman–Crippen LogP) is 3.88. The largest absolute Gasteiger partial charge is 0.497 e. The number of ether oxygens (including phenoxy) is 1. The molecule has 0 fully saturated rings.